The topological polar surface area (TPSA) is 113 Å². The number of piperazine rings is 1. The van der Waals surface area contributed by atoms with Gasteiger partial charge in [-0.2, -0.15) is 0 Å². The largest absolute Gasteiger partial charge is 0.351 e. The first-order chi connectivity index (χ1) is 12.4. The quantitative estimate of drug-likeness (QED) is 0.582. The highest BCUT2D eigenvalue weighted by molar-refractivity contribution is 7.91. The first-order valence-corrected chi connectivity index (χ1v) is 11.4. The van der Waals surface area contributed by atoms with E-state index >= 15 is 0 Å². The third-order valence-corrected chi connectivity index (χ3v) is 7.70. The average Bonchev–Trinajstić information content (AvgIpc) is 3.20. The molecule has 2 amide bonds. The standard InChI is InChI=1S/C17H30N4O4S.2ClH/c18-10-13-2-1-3-15(13)17(23)21-7-5-20(6-8-21)11-16(22)19-14-4-9-26(24,25)12-14;;/h13-15H,1-12,18H2,(H,19,22);2*1H/t13-,14?,15-;;/m1../s1. The number of nitrogens with two attached hydrogens (primary N) is 1. The lowest BCUT2D eigenvalue weighted by molar-refractivity contribution is -0.138. The minimum Gasteiger partial charge on any atom is -0.351 e. The van der Waals surface area contributed by atoms with Crippen LogP contribution in [-0.2, 0) is 19.4 Å². The van der Waals surface area contributed by atoms with Crippen LogP contribution in [0.1, 0.15) is 25.7 Å². The number of amides is 2. The average molecular weight is 459 g/mol. The Morgan fingerprint density at radius 3 is 2.29 bits per heavy atom. The maximum atomic E-state index is 12.7. The zero-order valence-electron chi connectivity index (χ0n) is 16.0. The van der Waals surface area contributed by atoms with Crippen molar-refractivity contribution in [2.24, 2.45) is 17.6 Å². The molecule has 11 heteroatoms. The second kappa shape index (κ2) is 11.0. The summed E-state index contributed by atoms with van der Waals surface area (Å²) in [5, 5.41) is 2.82. The molecule has 0 aromatic carbocycles. The molecule has 0 radical (unpaired) electrons. The van der Waals surface area contributed by atoms with Gasteiger partial charge in [-0.05, 0) is 31.7 Å². The van der Waals surface area contributed by atoms with E-state index in [9.17, 15) is 18.0 Å². The molecule has 3 aliphatic rings. The first-order valence-electron chi connectivity index (χ1n) is 9.59. The first kappa shape index (κ1) is 25.4. The molecule has 1 saturated carbocycles. The fraction of sp³-hybridized carbons (Fsp3) is 0.882. The lowest BCUT2D eigenvalue weighted by atomic mass is 9.94. The lowest BCUT2D eigenvalue weighted by Gasteiger charge is -2.36. The van der Waals surface area contributed by atoms with Crippen LogP contribution < -0.4 is 11.1 Å². The predicted molar refractivity (Wildman–Crippen MR) is 113 cm³/mol. The molecule has 2 aliphatic heterocycles. The van der Waals surface area contributed by atoms with Gasteiger partial charge in [0, 0.05) is 38.1 Å². The van der Waals surface area contributed by atoms with Crippen molar-refractivity contribution in [1.82, 2.24) is 15.1 Å². The molecule has 1 unspecified atom stereocenters. The summed E-state index contributed by atoms with van der Waals surface area (Å²) in [7, 11) is -2.99. The zero-order valence-corrected chi connectivity index (χ0v) is 18.5. The third-order valence-electron chi connectivity index (χ3n) is 5.93. The molecule has 0 bridgehead atoms. The second-order valence-corrected chi connectivity index (χ2v) is 10.0. The van der Waals surface area contributed by atoms with Crippen LogP contribution >= 0.6 is 24.8 Å². The van der Waals surface area contributed by atoms with E-state index < -0.39 is 9.84 Å². The van der Waals surface area contributed by atoms with Crippen LogP contribution in [-0.4, -0.2) is 86.8 Å². The van der Waals surface area contributed by atoms with Gasteiger partial charge in [-0.3, -0.25) is 14.5 Å². The number of hydrogen-bond acceptors (Lipinski definition) is 6. The van der Waals surface area contributed by atoms with E-state index in [1.807, 2.05) is 9.80 Å². The van der Waals surface area contributed by atoms with E-state index in [-0.39, 0.29) is 66.6 Å². The van der Waals surface area contributed by atoms with E-state index in [0.29, 0.717) is 45.1 Å². The van der Waals surface area contributed by atoms with E-state index in [4.69, 9.17) is 5.73 Å². The summed E-state index contributed by atoms with van der Waals surface area (Å²) in [5.74, 6) is 0.672. The number of rotatable bonds is 5. The van der Waals surface area contributed by atoms with Crippen LogP contribution in [0.15, 0.2) is 0 Å². The van der Waals surface area contributed by atoms with Crippen LogP contribution in [0.2, 0.25) is 0 Å². The molecular weight excluding hydrogens is 427 g/mol. The van der Waals surface area contributed by atoms with Gasteiger partial charge < -0.3 is 16.0 Å². The van der Waals surface area contributed by atoms with Gasteiger partial charge in [-0.15, -0.1) is 24.8 Å². The number of carbonyl (C=O) groups excluding carboxylic acids is 2. The highest BCUT2D eigenvalue weighted by atomic mass is 35.5. The molecule has 2 saturated heterocycles. The molecule has 164 valence electrons. The Morgan fingerprint density at radius 1 is 1.04 bits per heavy atom. The van der Waals surface area contributed by atoms with Crippen LogP contribution in [0.5, 0.6) is 0 Å². The molecule has 1 aliphatic carbocycles. The SMILES string of the molecule is Cl.Cl.NC[C@H]1CCC[C@H]1C(=O)N1CCN(CC(=O)NC2CCS(=O)(=O)C2)CC1. The molecule has 3 N–H and O–H groups in total. The molecule has 28 heavy (non-hydrogen) atoms. The van der Waals surface area contributed by atoms with Crippen molar-refractivity contribution < 1.29 is 18.0 Å². The number of carbonyl (C=O) groups is 2. The van der Waals surface area contributed by atoms with Gasteiger partial charge in [0.15, 0.2) is 9.84 Å². The molecule has 8 nitrogen and oxygen atoms in total. The summed E-state index contributed by atoms with van der Waals surface area (Å²) in [6.07, 6.45) is 3.56. The number of nitrogens with one attached hydrogen (secondary N) is 1. The number of nitrogens with zero attached hydrogens (tertiary/aromatic N) is 2. The molecule has 0 spiro atoms. The molecule has 3 rings (SSSR count). The van der Waals surface area contributed by atoms with Gasteiger partial charge in [0.25, 0.3) is 0 Å². The predicted octanol–water partition coefficient (Wildman–Crippen LogP) is -0.347. The summed E-state index contributed by atoms with van der Waals surface area (Å²) in [5.41, 5.74) is 5.79. The monoisotopic (exact) mass is 458 g/mol. The van der Waals surface area contributed by atoms with Crippen molar-refractivity contribution in [3.05, 3.63) is 0 Å². The van der Waals surface area contributed by atoms with Crippen LogP contribution in [0.25, 0.3) is 0 Å². The second-order valence-electron chi connectivity index (χ2n) is 7.80. The molecule has 0 aromatic rings. The fourth-order valence-electron chi connectivity index (χ4n) is 4.39. The molecular formula is C17H32Cl2N4O4S. The number of sulfone groups is 1. The van der Waals surface area contributed by atoms with Gasteiger partial charge in [-0.1, -0.05) is 6.42 Å². The maximum absolute atomic E-state index is 12.7. The van der Waals surface area contributed by atoms with E-state index in [1.54, 1.807) is 0 Å². The van der Waals surface area contributed by atoms with Gasteiger partial charge in [0.1, 0.15) is 0 Å². The van der Waals surface area contributed by atoms with Crippen molar-refractivity contribution in [2.75, 3.05) is 50.8 Å². The van der Waals surface area contributed by atoms with Crippen molar-refractivity contribution in [3.63, 3.8) is 0 Å². The summed E-state index contributed by atoms with van der Waals surface area (Å²) < 4.78 is 22.9. The normalized spacial score (nSPS) is 29.6. The fourth-order valence-corrected chi connectivity index (χ4v) is 6.06. The van der Waals surface area contributed by atoms with Gasteiger partial charge in [0.2, 0.25) is 11.8 Å². The van der Waals surface area contributed by atoms with E-state index in [2.05, 4.69) is 5.32 Å². The highest BCUT2D eigenvalue weighted by Crippen LogP contribution is 2.32. The minimum absolute atomic E-state index is 0. The van der Waals surface area contributed by atoms with Crippen molar-refractivity contribution in [2.45, 2.75) is 31.7 Å². The van der Waals surface area contributed by atoms with Crippen LogP contribution in [0, 0.1) is 11.8 Å². The van der Waals surface area contributed by atoms with Gasteiger partial charge >= 0.3 is 0 Å². The Morgan fingerprint density at radius 2 is 1.71 bits per heavy atom. The van der Waals surface area contributed by atoms with Crippen LogP contribution in [0.4, 0.5) is 0 Å². The lowest BCUT2D eigenvalue weighted by Crippen LogP contribution is -2.53. The number of hydrogen-bond donors (Lipinski definition) is 2. The molecule has 0 aromatic heterocycles. The highest BCUT2D eigenvalue weighted by Gasteiger charge is 2.36. The summed E-state index contributed by atoms with van der Waals surface area (Å²) in [6.45, 7) is 3.45. The molecule has 3 fully saturated rings. The summed E-state index contributed by atoms with van der Waals surface area (Å²) in [6, 6.07) is -0.258. The Bertz CT molecular complexity index is 641. The van der Waals surface area contributed by atoms with E-state index in [1.165, 1.54) is 0 Å². The van der Waals surface area contributed by atoms with E-state index in [0.717, 1.165) is 19.3 Å². The van der Waals surface area contributed by atoms with Gasteiger partial charge in [-0.25, -0.2) is 8.42 Å². The summed E-state index contributed by atoms with van der Waals surface area (Å²) in [4.78, 5) is 28.8. The van der Waals surface area contributed by atoms with Crippen molar-refractivity contribution >= 4 is 46.5 Å². The Hall–Kier alpha value is -0.610. The Kier molecular flexibility index (Phi) is 9.96. The maximum Gasteiger partial charge on any atom is 0.234 e. The van der Waals surface area contributed by atoms with Crippen molar-refractivity contribution in [1.29, 1.82) is 0 Å². The van der Waals surface area contributed by atoms with Crippen LogP contribution in [0.3, 0.4) is 0 Å². The van der Waals surface area contributed by atoms with Crippen molar-refractivity contribution in [3.8, 4) is 0 Å². The Labute approximate surface area is 179 Å². The zero-order chi connectivity index (χ0) is 18.7. The Balaban J connectivity index is 0.00000196. The minimum atomic E-state index is -2.99. The third kappa shape index (κ3) is 6.45. The molecule has 2 heterocycles. The smallest absolute Gasteiger partial charge is 0.234 e. The number of halogens is 2. The molecule has 3 atom stereocenters. The summed E-state index contributed by atoms with van der Waals surface area (Å²) >= 11 is 0. The van der Waals surface area contributed by atoms with Gasteiger partial charge in [0.05, 0.1) is 18.1 Å².